The lowest BCUT2D eigenvalue weighted by molar-refractivity contribution is 0.102. The molecule has 3 N–H and O–H groups in total. The number of carbonyl (C=O) groups is 1. The first-order valence-electron chi connectivity index (χ1n) is 10.9. The van der Waals surface area contributed by atoms with Crippen molar-refractivity contribution in [3.05, 3.63) is 65.3 Å². The van der Waals surface area contributed by atoms with Gasteiger partial charge in [0.25, 0.3) is 5.91 Å². The van der Waals surface area contributed by atoms with E-state index in [2.05, 4.69) is 25.3 Å². The molecule has 1 saturated carbocycles. The molecule has 9 nitrogen and oxygen atoms in total. The predicted octanol–water partition coefficient (Wildman–Crippen LogP) is 3.89. The molecule has 0 bridgehead atoms. The molecule has 36 heavy (non-hydrogen) atoms. The number of benzene rings is 1. The van der Waals surface area contributed by atoms with Crippen LogP contribution in [0.3, 0.4) is 0 Å². The molecule has 2 aliphatic rings. The third-order valence-electron chi connectivity index (χ3n) is 6.38. The van der Waals surface area contributed by atoms with Gasteiger partial charge in [-0.15, -0.1) is 0 Å². The van der Waals surface area contributed by atoms with Gasteiger partial charge < -0.3 is 20.2 Å². The summed E-state index contributed by atoms with van der Waals surface area (Å²) in [6, 6.07) is 2.15. The average molecular weight is 519 g/mol. The number of amides is 1. The van der Waals surface area contributed by atoms with Crippen molar-refractivity contribution in [2.45, 2.75) is 37.2 Å². The monoisotopic (exact) mass is 518 g/mol. The van der Waals surface area contributed by atoms with E-state index in [4.69, 9.17) is 14.9 Å². The molecule has 3 atom stereocenters. The minimum absolute atomic E-state index is 0.0148. The van der Waals surface area contributed by atoms with Gasteiger partial charge in [-0.05, 0) is 26.3 Å². The average Bonchev–Trinajstić information content (AvgIpc) is 3.34. The smallest absolute Gasteiger partial charge is 0.276 e. The number of rotatable bonds is 7. The molecule has 0 saturated heterocycles. The first kappa shape index (κ1) is 24.1. The largest absolute Gasteiger partial charge is 0.467 e. The highest BCUT2D eigenvalue weighted by Crippen LogP contribution is 2.66. The fraction of sp³-hybridized carbons (Fsp3) is 0.348. The molecule has 0 unspecified atom stereocenters. The molecule has 0 spiro atoms. The van der Waals surface area contributed by atoms with Crippen LogP contribution in [0.2, 0.25) is 0 Å². The van der Waals surface area contributed by atoms with Gasteiger partial charge in [-0.1, -0.05) is 11.8 Å². The molecule has 2 aromatic heterocycles. The summed E-state index contributed by atoms with van der Waals surface area (Å²) in [5.74, 6) is -2.87. The number of nitrogens with one attached hydrogen (secondary N) is 1. The van der Waals surface area contributed by atoms with Crippen LogP contribution in [-0.2, 0) is 12.1 Å². The predicted molar refractivity (Wildman–Crippen MR) is 125 cm³/mol. The Balaban J connectivity index is 1.38. The zero-order valence-corrected chi connectivity index (χ0v) is 20.0. The molecular weight excluding hydrogens is 497 g/mol. The van der Waals surface area contributed by atoms with Crippen molar-refractivity contribution in [2.75, 3.05) is 12.0 Å². The minimum Gasteiger partial charge on any atom is -0.467 e. The number of oxazole rings is 1. The summed E-state index contributed by atoms with van der Waals surface area (Å²) in [6.45, 7) is 2.51. The number of anilines is 1. The van der Waals surface area contributed by atoms with Crippen LogP contribution >= 0.6 is 11.8 Å². The number of alkyl halides is 1. The SMILES string of the molecule is Cc1nc(OCc2ncco2)cnc1C(=O)Nc1cc(F)c(F)c([C@@]2(C)N=C(N)S[C@@]3(CF)C[C@H]32)c1. The Labute approximate surface area is 207 Å². The van der Waals surface area contributed by atoms with Crippen molar-refractivity contribution in [2.24, 2.45) is 16.6 Å². The standard InChI is InChI=1S/C23H21F3N6O3S/c1-11-19(29-8-16(30-11)35-9-17-28-3-4-34-17)20(33)31-12-5-13(18(26)14(25)6-12)22(2)15-7-23(15,10-24)36-21(27)32-22/h3-6,8,15H,7,9-10H2,1-2H3,(H2,27,32)(H,31,33)/t15-,22+,23+/m0/s1. The van der Waals surface area contributed by atoms with Gasteiger partial charge in [0.2, 0.25) is 11.8 Å². The maximum absolute atomic E-state index is 15.0. The van der Waals surface area contributed by atoms with Crippen molar-refractivity contribution in [1.82, 2.24) is 15.0 Å². The number of hydrogen-bond donors (Lipinski definition) is 2. The van der Waals surface area contributed by atoms with Gasteiger partial charge in [-0.2, -0.15) is 0 Å². The van der Waals surface area contributed by atoms with Gasteiger partial charge >= 0.3 is 0 Å². The second kappa shape index (κ2) is 8.80. The second-order valence-corrected chi connectivity index (χ2v) is 10.2. The van der Waals surface area contributed by atoms with Crippen molar-refractivity contribution in [1.29, 1.82) is 0 Å². The van der Waals surface area contributed by atoms with Gasteiger partial charge in [0, 0.05) is 23.2 Å². The van der Waals surface area contributed by atoms with Crippen molar-refractivity contribution in [3.63, 3.8) is 0 Å². The van der Waals surface area contributed by atoms with Crippen molar-refractivity contribution >= 4 is 28.5 Å². The number of thioether (sulfide) groups is 1. The second-order valence-electron chi connectivity index (χ2n) is 8.79. The van der Waals surface area contributed by atoms with Gasteiger partial charge in [0.05, 0.1) is 28.4 Å². The summed E-state index contributed by atoms with van der Waals surface area (Å²) < 4.78 is 53.1. The Morgan fingerprint density at radius 2 is 2.17 bits per heavy atom. The van der Waals surface area contributed by atoms with Crippen LogP contribution in [0.1, 0.15) is 41.0 Å². The van der Waals surface area contributed by atoms with Gasteiger partial charge in [-0.25, -0.2) is 28.1 Å². The lowest BCUT2D eigenvalue weighted by Crippen LogP contribution is -2.37. The maximum Gasteiger partial charge on any atom is 0.276 e. The third kappa shape index (κ3) is 4.16. The van der Waals surface area contributed by atoms with Crippen LogP contribution in [0.15, 0.2) is 40.2 Å². The zero-order valence-electron chi connectivity index (χ0n) is 19.2. The minimum atomic E-state index is -1.29. The van der Waals surface area contributed by atoms with Crippen LogP contribution in [0.4, 0.5) is 18.9 Å². The lowest BCUT2D eigenvalue weighted by Gasteiger charge is -2.33. The summed E-state index contributed by atoms with van der Waals surface area (Å²) in [6.07, 6.45) is 4.56. The molecule has 188 valence electrons. The number of fused-ring (bicyclic) bond motifs is 1. The number of nitrogens with zero attached hydrogens (tertiary/aromatic N) is 4. The highest BCUT2D eigenvalue weighted by molar-refractivity contribution is 8.15. The third-order valence-corrected chi connectivity index (χ3v) is 7.64. The number of carbonyl (C=O) groups excluding carboxylic acids is 1. The molecule has 3 heterocycles. The number of halogens is 3. The molecule has 1 aromatic carbocycles. The van der Waals surface area contributed by atoms with E-state index < -0.39 is 34.5 Å². The summed E-state index contributed by atoms with van der Waals surface area (Å²) in [7, 11) is 0. The summed E-state index contributed by atoms with van der Waals surface area (Å²) >= 11 is 1.12. The molecule has 13 heteroatoms. The molecule has 1 fully saturated rings. The van der Waals surface area contributed by atoms with Gasteiger partial charge in [0.1, 0.15) is 18.6 Å². The number of aromatic nitrogens is 3. The molecule has 1 aliphatic carbocycles. The summed E-state index contributed by atoms with van der Waals surface area (Å²) in [5, 5.41) is 2.63. The molecule has 5 rings (SSSR count). The molecular formula is C23H21F3N6O3S. The van der Waals surface area contributed by atoms with E-state index in [1.54, 1.807) is 13.8 Å². The van der Waals surface area contributed by atoms with E-state index in [1.807, 2.05) is 0 Å². The number of amidine groups is 1. The quantitative estimate of drug-likeness (QED) is 0.482. The van der Waals surface area contributed by atoms with E-state index >= 15 is 0 Å². The Morgan fingerprint density at radius 1 is 1.36 bits per heavy atom. The molecule has 1 aliphatic heterocycles. The number of ether oxygens (including phenoxy) is 1. The number of nitrogens with two attached hydrogens (primary N) is 1. The highest BCUT2D eigenvalue weighted by atomic mass is 32.2. The van der Waals surface area contributed by atoms with E-state index in [0.717, 1.165) is 17.8 Å². The first-order chi connectivity index (χ1) is 17.1. The molecule has 1 amide bonds. The van der Waals surface area contributed by atoms with E-state index in [0.29, 0.717) is 12.3 Å². The van der Waals surface area contributed by atoms with E-state index in [1.165, 1.54) is 24.7 Å². The zero-order chi connectivity index (χ0) is 25.7. The number of aliphatic imine (C=N–C) groups is 1. The normalized spacial score (nSPS) is 24.6. The highest BCUT2D eigenvalue weighted by Gasteiger charge is 2.66. The van der Waals surface area contributed by atoms with Crippen molar-refractivity contribution in [3.8, 4) is 5.88 Å². The van der Waals surface area contributed by atoms with Crippen LogP contribution < -0.4 is 15.8 Å². The lowest BCUT2D eigenvalue weighted by atomic mass is 9.85. The van der Waals surface area contributed by atoms with Crippen LogP contribution in [0, 0.1) is 24.5 Å². The van der Waals surface area contributed by atoms with Gasteiger partial charge in [-0.3, -0.25) is 9.79 Å². The topological polar surface area (TPSA) is 129 Å². The van der Waals surface area contributed by atoms with Crippen LogP contribution in [0.5, 0.6) is 5.88 Å². The fourth-order valence-electron chi connectivity index (χ4n) is 4.50. The Kier molecular flexibility index (Phi) is 5.89. The summed E-state index contributed by atoms with van der Waals surface area (Å²) in [5.41, 5.74) is 4.71. The summed E-state index contributed by atoms with van der Waals surface area (Å²) in [4.78, 5) is 29.5. The van der Waals surface area contributed by atoms with Crippen molar-refractivity contribution < 1.29 is 27.1 Å². The Morgan fingerprint density at radius 3 is 2.86 bits per heavy atom. The van der Waals surface area contributed by atoms with E-state index in [-0.39, 0.29) is 46.2 Å². The number of aryl methyl sites for hydroxylation is 1. The number of hydrogen-bond acceptors (Lipinski definition) is 9. The molecule has 3 aromatic rings. The first-order valence-corrected chi connectivity index (χ1v) is 11.7. The van der Waals surface area contributed by atoms with Crippen LogP contribution in [-0.4, -0.2) is 37.4 Å². The Bertz CT molecular complexity index is 1370. The van der Waals surface area contributed by atoms with E-state index in [9.17, 15) is 18.0 Å². The van der Waals surface area contributed by atoms with Crippen LogP contribution in [0.25, 0.3) is 0 Å². The molecule has 0 radical (unpaired) electrons. The Hall–Kier alpha value is -3.61. The maximum atomic E-state index is 15.0. The fourth-order valence-corrected chi connectivity index (χ4v) is 5.83. The van der Waals surface area contributed by atoms with Gasteiger partial charge in [0.15, 0.2) is 23.4 Å².